The topological polar surface area (TPSA) is 29.9 Å². The number of rotatable bonds is 9. The van der Waals surface area contributed by atoms with Crippen LogP contribution in [0.3, 0.4) is 0 Å². The van der Waals surface area contributed by atoms with Crippen LogP contribution in [0.15, 0.2) is 12.4 Å². The van der Waals surface area contributed by atoms with Gasteiger partial charge in [0.1, 0.15) is 0 Å². The van der Waals surface area contributed by atoms with Crippen LogP contribution >= 0.6 is 11.8 Å². The molecule has 0 bridgehead atoms. The van der Waals surface area contributed by atoms with Crippen LogP contribution in [0.1, 0.15) is 51.0 Å². The minimum Gasteiger partial charge on any atom is -0.313 e. The molecule has 3 nitrogen and oxygen atoms in total. The number of hydrogen-bond donors (Lipinski definition) is 1. The monoisotopic (exact) mass is 295 g/mol. The van der Waals surface area contributed by atoms with Crippen molar-refractivity contribution in [2.75, 3.05) is 12.3 Å². The first-order valence-corrected chi connectivity index (χ1v) is 9.15. The van der Waals surface area contributed by atoms with Gasteiger partial charge in [0.25, 0.3) is 0 Å². The Labute approximate surface area is 127 Å². The van der Waals surface area contributed by atoms with E-state index in [-0.39, 0.29) is 0 Å². The minimum absolute atomic E-state index is 0.653. The molecule has 2 rings (SSSR count). The lowest BCUT2D eigenvalue weighted by Crippen LogP contribution is -2.33. The number of nitrogens with zero attached hydrogens (tertiary/aromatic N) is 2. The zero-order valence-corrected chi connectivity index (χ0v) is 13.8. The molecule has 0 saturated heterocycles. The molecule has 1 aliphatic rings. The molecule has 1 heterocycles. The largest absolute Gasteiger partial charge is 0.313 e. The highest BCUT2D eigenvalue weighted by Gasteiger charge is 2.17. The number of aromatic nitrogens is 2. The fourth-order valence-corrected chi connectivity index (χ4v) is 4.30. The van der Waals surface area contributed by atoms with Gasteiger partial charge in [0.2, 0.25) is 0 Å². The van der Waals surface area contributed by atoms with Crippen molar-refractivity contribution in [1.82, 2.24) is 15.1 Å². The summed E-state index contributed by atoms with van der Waals surface area (Å²) in [7, 11) is 1.99. The Balaban J connectivity index is 1.73. The van der Waals surface area contributed by atoms with Gasteiger partial charge in [-0.25, -0.2) is 0 Å². The third kappa shape index (κ3) is 5.49. The van der Waals surface area contributed by atoms with Crippen LogP contribution in [-0.4, -0.2) is 33.4 Å². The van der Waals surface area contributed by atoms with Gasteiger partial charge in [-0.3, -0.25) is 4.68 Å². The number of thioether (sulfide) groups is 1. The van der Waals surface area contributed by atoms with Crippen LogP contribution in [0.5, 0.6) is 0 Å². The van der Waals surface area contributed by atoms with Crippen molar-refractivity contribution in [1.29, 1.82) is 0 Å². The average molecular weight is 295 g/mol. The Kier molecular flexibility index (Phi) is 6.94. The van der Waals surface area contributed by atoms with Crippen molar-refractivity contribution in [2.45, 2.75) is 63.2 Å². The first-order chi connectivity index (χ1) is 9.78. The maximum absolute atomic E-state index is 4.26. The van der Waals surface area contributed by atoms with E-state index in [2.05, 4.69) is 35.3 Å². The van der Waals surface area contributed by atoms with Crippen molar-refractivity contribution >= 4 is 11.8 Å². The van der Waals surface area contributed by atoms with Gasteiger partial charge in [0, 0.05) is 30.3 Å². The molecule has 1 aliphatic carbocycles. The Morgan fingerprint density at radius 2 is 2.25 bits per heavy atom. The molecule has 1 fully saturated rings. The van der Waals surface area contributed by atoms with E-state index in [0.29, 0.717) is 6.04 Å². The van der Waals surface area contributed by atoms with E-state index < -0.39 is 0 Å². The van der Waals surface area contributed by atoms with Crippen molar-refractivity contribution in [2.24, 2.45) is 7.05 Å². The molecule has 4 heteroatoms. The van der Waals surface area contributed by atoms with Crippen molar-refractivity contribution in [3.8, 4) is 0 Å². The van der Waals surface area contributed by atoms with Gasteiger partial charge in [0.05, 0.1) is 6.20 Å². The number of hydrogen-bond acceptors (Lipinski definition) is 3. The summed E-state index contributed by atoms with van der Waals surface area (Å²) in [6.07, 6.45) is 13.5. The summed E-state index contributed by atoms with van der Waals surface area (Å²) >= 11 is 2.20. The molecular formula is C16H29N3S. The van der Waals surface area contributed by atoms with Gasteiger partial charge in [-0.2, -0.15) is 16.9 Å². The Bertz CT molecular complexity index is 372. The van der Waals surface area contributed by atoms with Crippen molar-refractivity contribution < 1.29 is 0 Å². The summed E-state index contributed by atoms with van der Waals surface area (Å²) in [5.74, 6) is 1.27. The van der Waals surface area contributed by atoms with E-state index in [1.807, 2.05) is 17.9 Å². The highest BCUT2D eigenvalue weighted by atomic mass is 32.2. The molecule has 1 N–H and O–H groups in total. The molecule has 0 aromatic carbocycles. The molecule has 1 saturated carbocycles. The summed E-state index contributed by atoms with van der Waals surface area (Å²) in [4.78, 5) is 0. The summed E-state index contributed by atoms with van der Waals surface area (Å²) in [5.41, 5.74) is 1.36. The first-order valence-electron chi connectivity index (χ1n) is 8.10. The highest BCUT2D eigenvalue weighted by Crippen LogP contribution is 2.30. The number of nitrogens with one attached hydrogen (secondary N) is 1. The van der Waals surface area contributed by atoms with E-state index in [1.165, 1.54) is 49.8 Å². The molecular weight excluding hydrogens is 266 g/mol. The predicted octanol–water partition coefficient (Wildman–Crippen LogP) is 3.40. The van der Waals surface area contributed by atoms with Crippen LogP contribution < -0.4 is 5.32 Å². The summed E-state index contributed by atoms with van der Waals surface area (Å²) in [6, 6.07) is 0.653. The molecule has 0 radical (unpaired) electrons. The standard InChI is InChI=1S/C16H29N3S/c1-3-10-17-15(13-20-16-6-4-5-7-16)9-8-14-11-18-19(2)12-14/h11-12,15-17H,3-10,13H2,1-2H3. The average Bonchev–Trinajstić information content (AvgIpc) is 3.09. The van der Waals surface area contributed by atoms with Gasteiger partial charge in [-0.1, -0.05) is 19.8 Å². The minimum atomic E-state index is 0.653. The second-order valence-corrected chi connectivity index (χ2v) is 7.29. The zero-order valence-electron chi connectivity index (χ0n) is 13.0. The number of aryl methyl sites for hydroxylation is 2. The van der Waals surface area contributed by atoms with Gasteiger partial charge >= 0.3 is 0 Å². The normalized spacial score (nSPS) is 17.7. The van der Waals surface area contributed by atoms with Gasteiger partial charge in [0.15, 0.2) is 0 Å². The fourth-order valence-electron chi connectivity index (χ4n) is 2.84. The Hall–Kier alpha value is -0.480. The molecule has 20 heavy (non-hydrogen) atoms. The third-order valence-electron chi connectivity index (χ3n) is 4.06. The van der Waals surface area contributed by atoms with E-state index in [0.717, 1.165) is 18.2 Å². The maximum atomic E-state index is 4.26. The highest BCUT2D eigenvalue weighted by molar-refractivity contribution is 7.99. The molecule has 114 valence electrons. The lowest BCUT2D eigenvalue weighted by atomic mass is 10.1. The smallest absolute Gasteiger partial charge is 0.0521 e. The summed E-state index contributed by atoms with van der Waals surface area (Å²) < 4.78 is 1.90. The second kappa shape index (κ2) is 8.73. The maximum Gasteiger partial charge on any atom is 0.0521 e. The van der Waals surface area contributed by atoms with Gasteiger partial charge in [-0.15, -0.1) is 0 Å². The molecule has 0 aliphatic heterocycles. The van der Waals surface area contributed by atoms with Crippen LogP contribution in [-0.2, 0) is 13.5 Å². The second-order valence-electron chi connectivity index (χ2n) is 5.95. The van der Waals surface area contributed by atoms with Crippen LogP contribution in [0.4, 0.5) is 0 Å². The van der Waals surface area contributed by atoms with E-state index in [9.17, 15) is 0 Å². The molecule has 1 atom stereocenters. The predicted molar refractivity (Wildman–Crippen MR) is 88.3 cm³/mol. The van der Waals surface area contributed by atoms with Crippen molar-refractivity contribution in [3.63, 3.8) is 0 Å². The van der Waals surface area contributed by atoms with Gasteiger partial charge in [-0.05, 0) is 44.2 Å². The lowest BCUT2D eigenvalue weighted by Gasteiger charge is -2.20. The SMILES string of the molecule is CCCNC(CCc1cnn(C)c1)CSC1CCCC1. The quantitative estimate of drug-likeness (QED) is 0.757. The Morgan fingerprint density at radius 1 is 1.45 bits per heavy atom. The molecule has 0 spiro atoms. The fraction of sp³-hybridized carbons (Fsp3) is 0.812. The first kappa shape index (κ1) is 15.9. The Morgan fingerprint density at radius 3 is 2.90 bits per heavy atom. The van der Waals surface area contributed by atoms with Crippen LogP contribution in [0, 0.1) is 0 Å². The lowest BCUT2D eigenvalue weighted by molar-refractivity contribution is 0.519. The molecule has 1 aromatic heterocycles. The van der Waals surface area contributed by atoms with Crippen LogP contribution in [0.2, 0.25) is 0 Å². The zero-order chi connectivity index (χ0) is 14.2. The van der Waals surface area contributed by atoms with Crippen LogP contribution in [0.25, 0.3) is 0 Å². The van der Waals surface area contributed by atoms with Crippen molar-refractivity contribution in [3.05, 3.63) is 18.0 Å². The molecule has 1 aromatic rings. The van der Waals surface area contributed by atoms with E-state index in [4.69, 9.17) is 0 Å². The summed E-state index contributed by atoms with van der Waals surface area (Å²) in [6.45, 7) is 3.39. The summed E-state index contributed by atoms with van der Waals surface area (Å²) in [5, 5.41) is 8.91. The van der Waals surface area contributed by atoms with E-state index >= 15 is 0 Å². The third-order valence-corrected chi connectivity index (χ3v) is 5.60. The van der Waals surface area contributed by atoms with Gasteiger partial charge < -0.3 is 5.32 Å². The van der Waals surface area contributed by atoms with E-state index in [1.54, 1.807) is 0 Å². The molecule has 0 amide bonds. The molecule has 1 unspecified atom stereocenters.